The first-order valence-corrected chi connectivity index (χ1v) is 10.6. The van der Waals surface area contributed by atoms with Crippen molar-refractivity contribution in [3.63, 3.8) is 0 Å². The summed E-state index contributed by atoms with van der Waals surface area (Å²) in [4.78, 5) is 14.3. The first-order valence-electron chi connectivity index (χ1n) is 9.73. The Morgan fingerprint density at radius 2 is 1.94 bits per heavy atom. The molecule has 6 aromatic rings. The molecule has 0 saturated carbocycles. The number of fused-ring (bicyclic) bond motifs is 2. The van der Waals surface area contributed by atoms with E-state index in [4.69, 9.17) is 9.97 Å². The van der Waals surface area contributed by atoms with Gasteiger partial charge in [-0.15, -0.1) is 11.3 Å². The number of aryl methyl sites for hydroxylation is 1. The standard InChI is InChI=1S/C22H17N7OS/c1-29-10-13(17(11-30)28-29)14-7-8-16-20(23-14)21(27-26-16)22-24-15-5-2-4-12(19(15)25-22)18-6-3-9-31-18/h2-10,30H,11H2,1H3,(H,24,25)(H,26,27). The quantitative estimate of drug-likeness (QED) is 0.392. The molecule has 31 heavy (non-hydrogen) atoms. The van der Waals surface area contributed by atoms with Crippen LogP contribution in [0.5, 0.6) is 0 Å². The van der Waals surface area contributed by atoms with E-state index in [0.29, 0.717) is 22.7 Å². The van der Waals surface area contributed by atoms with Gasteiger partial charge in [-0.05, 0) is 29.6 Å². The number of hydrogen-bond donors (Lipinski definition) is 3. The van der Waals surface area contributed by atoms with E-state index in [9.17, 15) is 5.11 Å². The average molecular weight is 427 g/mol. The van der Waals surface area contributed by atoms with Crippen LogP contribution in [-0.4, -0.2) is 40.0 Å². The number of aliphatic hydroxyl groups is 1. The maximum absolute atomic E-state index is 9.65. The van der Waals surface area contributed by atoms with Gasteiger partial charge in [0.2, 0.25) is 0 Å². The molecule has 0 aliphatic heterocycles. The fraction of sp³-hybridized carbons (Fsp3) is 0.0909. The Balaban J connectivity index is 1.52. The number of nitrogens with zero attached hydrogens (tertiary/aromatic N) is 5. The van der Waals surface area contributed by atoms with Crippen molar-refractivity contribution < 1.29 is 5.11 Å². The second kappa shape index (κ2) is 6.86. The fourth-order valence-electron chi connectivity index (χ4n) is 3.85. The number of H-pyrrole nitrogens is 2. The molecule has 152 valence electrons. The van der Waals surface area contributed by atoms with Gasteiger partial charge in [-0.2, -0.15) is 10.2 Å². The van der Waals surface area contributed by atoms with Crippen molar-refractivity contribution in [2.75, 3.05) is 0 Å². The summed E-state index contributed by atoms with van der Waals surface area (Å²) in [6.07, 6.45) is 1.86. The smallest absolute Gasteiger partial charge is 0.161 e. The predicted molar refractivity (Wildman–Crippen MR) is 120 cm³/mol. The van der Waals surface area contributed by atoms with Crippen LogP contribution < -0.4 is 0 Å². The van der Waals surface area contributed by atoms with Crippen LogP contribution in [0.2, 0.25) is 0 Å². The van der Waals surface area contributed by atoms with Crippen LogP contribution in [0, 0.1) is 0 Å². The minimum Gasteiger partial charge on any atom is -0.390 e. The number of pyridine rings is 1. The lowest BCUT2D eigenvalue weighted by molar-refractivity contribution is 0.276. The lowest BCUT2D eigenvalue weighted by Crippen LogP contribution is -1.91. The molecule has 8 nitrogen and oxygen atoms in total. The number of aromatic nitrogens is 7. The molecular formula is C22H17N7OS. The Kier molecular flexibility index (Phi) is 3.98. The van der Waals surface area contributed by atoms with E-state index in [1.54, 1.807) is 16.0 Å². The summed E-state index contributed by atoms with van der Waals surface area (Å²) in [5.74, 6) is 0.656. The van der Waals surface area contributed by atoms with Gasteiger partial charge in [0, 0.05) is 29.2 Å². The molecule has 0 spiro atoms. The molecule has 3 N–H and O–H groups in total. The van der Waals surface area contributed by atoms with E-state index in [2.05, 4.69) is 37.8 Å². The second-order valence-electron chi connectivity index (χ2n) is 7.25. The highest BCUT2D eigenvalue weighted by Crippen LogP contribution is 2.33. The summed E-state index contributed by atoms with van der Waals surface area (Å²) in [5.41, 5.74) is 7.22. The third-order valence-corrected chi connectivity index (χ3v) is 6.17. The van der Waals surface area contributed by atoms with Crippen molar-refractivity contribution in [3.8, 4) is 33.2 Å². The maximum atomic E-state index is 9.65. The molecule has 1 aromatic carbocycles. The summed E-state index contributed by atoms with van der Waals surface area (Å²) >= 11 is 1.69. The Morgan fingerprint density at radius 1 is 1.00 bits per heavy atom. The van der Waals surface area contributed by atoms with Crippen molar-refractivity contribution in [2.45, 2.75) is 6.61 Å². The maximum Gasteiger partial charge on any atom is 0.161 e. The highest BCUT2D eigenvalue weighted by Gasteiger charge is 2.18. The van der Waals surface area contributed by atoms with E-state index in [0.717, 1.165) is 33.4 Å². The van der Waals surface area contributed by atoms with E-state index in [1.807, 2.05) is 43.6 Å². The normalized spacial score (nSPS) is 11.7. The number of hydrogen-bond acceptors (Lipinski definition) is 6. The topological polar surface area (TPSA) is 108 Å². The van der Waals surface area contributed by atoms with Crippen LogP contribution in [0.1, 0.15) is 5.69 Å². The van der Waals surface area contributed by atoms with Crippen LogP contribution in [0.4, 0.5) is 0 Å². The van der Waals surface area contributed by atoms with Crippen molar-refractivity contribution in [3.05, 3.63) is 59.7 Å². The Hall–Kier alpha value is -3.82. The first kappa shape index (κ1) is 18.0. The summed E-state index contributed by atoms with van der Waals surface area (Å²) in [6.45, 7) is -0.150. The van der Waals surface area contributed by atoms with Crippen molar-refractivity contribution in [1.82, 2.24) is 34.9 Å². The number of benzene rings is 1. The van der Waals surface area contributed by atoms with Gasteiger partial charge >= 0.3 is 0 Å². The zero-order valence-corrected chi connectivity index (χ0v) is 17.3. The third-order valence-electron chi connectivity index (χ3n) is 5.26. The van der Waals surface area contributed by atoms with Crippen LogP contribution in [0.15, 0.2) is 54.0 Å². The minimum atomic E-state index is -0.150. The number of thiophene rings is 1. The monoisotopic (exact) mass is 427 g/mol. The lowest BCUT2D eigenvalue weighted by atomic mass is 10.1. The molecule has 0 bridgehead atoms. The molecule has 0 atom stereocenters. The van der Waals surface area contributed by atoms with Crippen LogP contribution in [0.3, 0.4) is 0 Å². The molecule has 0 aliphatic rings. The minimum absolute atomic E-state index is 0.150. The van der Waals surface area contributed by atoms with Crippen molar-refractivity contribution >= 4 is 33.4 Å². The van der Waals surface area contributed by atoms with Gasteiger partial charge in [0.15, 0.2) is 11.5 Å². The molecule has 0 saturated heterocycles. The summed E-state index contributed by atoms with van der Waals surface area (Å²) in [7, 11) is 1.82. The number of nitrogens with one attached hydrogen (secondary N) is 2. The average Bonchev–Trinajstić information content (AvgIpc) is 3.57. The Morgan fingerprint density at radius 3 is 2.77 bits per heavy atom. The van der Waals surface area contributed by atoms with Crippen molar-refractivity contribution in [2.24, 2.45) is 7.05 Å². The summed E-state index contributed by atoms with van der Waals surface area (Å²) < 4.78 is 1.67. The summed E-state index contributed by atoms with van der Waals surface area (Å²) in [5, 5.41) is 23.5. The van der Waals surface area contributed by atoms with Crippen LogP contribution in [0.25, 0.3) is 55.3 Å². The van der Waals surface area contributed by atoms with Crippen LogP contribution >= 0.6 is 11.3 Å². The zero-order valence-electron chi connectivity index (χ0n) is 16.5. The van der Waals surface area contributed by atoms with E-state index in [1.165, 1.54) is 4.88 Å². The molecule has 9 heteroatoms. The van der Waals surface area contributed by atoms with Gasteiger partial charge in [-0.1, -0.05) is 18.2 Å². The fourth-order valence-corrected chi connectivity index (χ4v) is 4.61. The molecule has 0 fully saturated rings. The van der Waals surface area contributed by atoms with Gasteiger partial charge in [0.05, 0.1) is 34.5 Å². The number of aromatic amines is 2. The molecular weight excluding hydrogens is 410 g/mol. The lowest BCUT2D eigenvalue weighted by Gasteiger charge is -2.00. The first-order chi connectivity index (χ1) is 15.2. The number of rotatable bonds is 4. The van der Waals surface area contributed by atoms with Gasteiger partial charge in [0.25, 0.3) is 0 Å². The van der Waals surface area contributed by atoms with Gasteiger partial charge in [0.1, 0.15) is 5.52 Å². The van der Waals surface area contributed by atoms with Crippen molar-refractivity contribution in [1.29, 1.82) is 0 Å². The Bertz CT molecular complexity index is 1540. The third kappa shape index (κ3) is 2.86. The molecule has 0 aliphatic carbocycles. The van der Waals surface area contributed by atoms with Gasteiger partial charge < -0.3 is 10.1 Å². The van der Waals surface area contributed by atoms with E-state index < -0.39 is 0 Å². The van der Waals surface area contributed by atoms with Gasteiger partial charge in [-0.3, -0.25) is 9.78 Å². The molecule has 0 amide bonds. The van der Waals surface area contributed by atoms with Gasteiger partial charge in [-0.25, -0.2) is 9.97 Å². The zero-order chi connectivity index (χ0) is 20.9. The van der Waals surface area contributed by atoms with Crippen LogP contribution in [-0.2, 0) is 13.7 Å². The molecule has 0 radical (unpaired) electrons. The number of imidazole rings is 1. The number of aliphatic hydroxyl groups excluding tert-OH is 1. The number of para-hydroxylation sites is 1. The highest BCUT2D eigenvalue weighted by atomic mass is 32.1. The largest absolute Gasteiger partial charge is 0.390 e. The second-order valence-corrected chi connectivity index (χ2v) is 8.20. The van der Waals surface area contributed by atoms with E-state index >= 15 is 0 Å². The van der Waals surface area contributed by atoms with E-state index in [-0.39, 0.29) is 6.61 Å². The summed E-state index contributed by atoms with van der Waals surface area (Å²) in [6, 6.07) is 14.1. The SMILES string of the molecule is Cn1cc(-c2ccc3[nH]nc(-c4nc5c(-c6cccs6)cccc5[nH]4)c3n2)c(CO)n1. The Labute approximate surface area is 180 Å². The predicted octanol–water partition coefficient (Wildman–Crippen LogP) is 4.12. The molecule has 6 rings (SSSR count). The highest BCUT2D eigenvalue weighted by molar-refractivity contribution is 7.13. The molecule has 0 unspecified atom stereocenters. The molecule has 5 aromatic heterocycles. The molecule has 5 heterocycles.